The molecule has 0 saturated heterocycles. The van der Waals surface area contributed by atoms with Gasteiger partial charge >= 0.3 is 0 Å². The first kappa shape index (κ1) is 15.5. The normalized spacial score (nSPS) is 19.9. The number of rotatable bonds is 4. The standard InChI is InChI=1S/C12H14ClNO4S2/c13-19(15,16)11-6-8-12(9-7-11)20(17,18)14-10-4-2-1-3-5-10/h1-2,6-10,14H,3-5H2. The molecule has 0 radical (unpaired) electrons. The zero-order chi connectivity index (χ0) is 14.8. The molecule has 0 fully saturated rings. The third-order valence-electron chi connectivity index (χ3n) is 3.01. The molecule has 1 aliphatic rings. The molecule has 1 aliphatic carbocycles. The zero-order valence-corrected chi connectivity index (χ0v) is 12.9. The number of hydrogen-bond acceptors (Lipinski definition) is 4. The van der Waals surface area contributed by atoms with Gasteiger partial charge in [0.15, 0.2) is 0 Å². The molecule has 1 aromatic rings. The Balaban J connectivity index is 2.19. The summed E-state index contributed by atoms with van der Waals surface area (Å²) in [6, 6.07) is 4.70. The van der Waals surface area contributed by atoms with Gasteiger partial charge in [-0.2, -0.15) is 0 Å². The van der Waals surface area contributed by atoms with Crippen molar-refractivity contribution >= 4 is 29.8 Å². The van der Waals surface area contributed by atoms with E-state index >= 15 is 0 Å². The largest absolute Gasteiger partial charge is 0.261 e. The van der Waals surface area contributed by atoms with Gasteiger partial charge in [0.1, 0.15) is 0 Å². The summed E-state index contributed by atoms with van der Waals surface area (Å²) in [7, 11) is -2.31. The molecule has 5 nitrogen and oxygen atoms in total. The first-order valence-electron chi connectivity index (χ1n) is 6.01. The van der Waals surface area contributed by atoms with E-state index in [1.807, 2.05) is 12.2 Å². The summed E-state index contributed by atoms with van der Waals surface area (Å²) >= 11 is 0. The molecule has 110 valence electrons. The number of halogens is 1. The van der Waals surface area contributed by atoms with Gasteiger partial charge in [-0.3, -0.25) is 0 Å². The Morgan fingerprint density at radius 2 is 1.60 bits per heavy atom. The van der Waals surface area contributed by atoms with Crippen molar-refractivity contribution in [2.45, 2.75) is 35.1 Å². The zero-order valence-electron chi connectivity index (χ0n) is 10.5. The maximum Gasteiger partial charge on any atom is 0.261 e. The van der Waals surface area contributed by atoms with Crippen molar-refractivity contribution in [1.82, 2.24) is 4.72 Å². The summed E-state index contributed by atoms with van der Waals surface area (Å²) in [4.78, 5) is -0.102. The van der Waals surface area contributed by atoms with Crippen molar-refractivity contribution in [3.8, 4) is 0 Å². The first-order valence-corrected chi connectivity index (χ1v) is 9.80. The van der Waals surface area contributed by atoms with E-state index < -0.39 is 19.1 Å². The minimum absolute atomic E-state index is 0.0242. The monoisotopic (exact) mass is 335 g/mol. The predicted molar refractivity (Wildman–Crippen MR) is 76.6 cm³/mol. The van der Waals surface area contributed by atoms with Crippen LogP contribution in [0.2, 0.25) is 0 Å². The molecule has 8 heteroatoms. The maximum absolute atomic E-state index is 12.1. The van der Waals surface area contributed by atoms with Gasteiger partial charge < -0.3 is 0 Å². The minimum atomic E-state index is -3.84. The highest BCUT2D eigenvalue weighted by Gasteiger charge is 2.21. The van der Waals surface area contributed by atoms with Crippen LogP contribution in [-0.2, 0) is 19.1 Å². The van der Waals surface area contributed by atoms with Gasteiger partial charge in [-0.25, -0.2) is 21.6 Å². The number of allylic oxidation sites excluding steroid dienone is 1. The highest BCUT2D eigenvalue weighted by atomic mass is 35.7. The third kappa shape index (κ3) is 3.82. The van der Waals surface area contributed by atoms with Crippen molar-refractivity contribution in [2.75, 3.05) is 0 Å². The summed E-state index contributed by atoms with van der Waals surface area (Å²) in [5.41, 5.74) is 0. The molecule has 20 heavy (non-hydrogen) atoms. The molecule has 2 rings (SSSR count). The molecule has 0 saturated carbocycles. The second-order valence-corrected chi connectivity index (χ2v) is 8.79. The second kappa shape index (κ2) is 5.85. The van der Waals surface area contributed by atoms with E-state index in [0.29, 0.717) is 6.42 Å². The number of hydrogen-bond donors (Lipinski definition) is 1. The number of sulfonamides is 1. The van der Waals surface area contributed by atoms with Crippen molar-refractivity contribution in [1.29, 1.82) is 0 Å². The lowest BCUT2D eigenvalue weighted by molar-refractivity contribution is 0.522. The second-order valence-electron chi connectivity index (χ2n) is 4.51. The van der Waals surface area contributed by atoms with Crippen LogP contribution in [0.15, 0.2) is 46.2 Å². The Labute approximate surface area is 123 Å². The molecule has 0 bridgehead atoms. The Bertz CT molecular complexity index is 708. The minimum Gasteiger partial charge on any atom is -0.208 e. The first-order chi connectivity index (χ1) is 9.29. The van der Waals surface area contributed by atoms with E-state index in [4.69, 9.17) is 10.7 Å². The molecule has 1 atom stereocenters. The fraction of sp³-hybridized carbons (Fsp3) is 0.333. The molecule has 0 aromatic heterocycles. The van der Waals surface area contributed by atoms with Gasteiger partial charge in [-0.15, -0.1) is 0 Å². The van der Waals surface area contributed by atoms with E-state index in [-0.39, 0.29) is 15.8 Å². The summed E-state index contributed by atoms with van der Waals surface area (Å²) < 4.78 is 49.1. The summed E-state index contributed by atoms with van der Waals surface area (Å²) in [5.74, 6) is 0. The SMILES string of the molecule is O=S(=O)(Cl)c1ccc(S(=O)(=O)NC2CC=CCC2)cc1. The van der Waals surface area contributed by atoms with Gasteiger partial charge in [0, 0.05) is 16.7 Å². The van der Waals surface area contributed by atoms with E-state index in [1.54, 1.807) is 0 Å². The maximum atomic E-state index is 12.1. The van der Waals surface area contributed by atoms with Gasteiger partial charge in [0.05, 0.1) is 9.79 Å². The lowest BCUT2D eigenvalue weighted by Crippen LogP contribution is -2.35. The average Bonchev–Trinajstić information content (AvgIpc) is 2.38. The third-order valence-corrected chi connectivity index (χ3v) is 5.91. The quantitative estimate of drug-likeness (QED) is 0.674. The highest BCUT2D eigenvalue weighted by Crippen LogP contribution is 2.19. The summed E-state index contributed by atoms with van der Waals surface area (Å²) in [6.45, 7) is 0. The molecule has 0 amide bonds. The molecule has 0 spiro atoms. The van der Waals surface area contributed by atoms with Crippen LogP contribution in [0, 0.1) is 0 Å². The molecule has 0 aliphatic heterocycles. The Morgan fingerprint density at radius 3 is 2.10 bits per heavy atom. The fourth-order valence-corrected chi connectivity index (χ4v) is 4.02. The van der Waals surface area contributed by atoms with Crippen LogP contribution in [0.5, 0.6) is 0 Å². The molecule has 0 heterocycles. The summed E-state index contributed by atoms with van der Waals surface area (Å²) in [6.07, 6.45) is 6.22. The number of benzene rings is 1. The lowest BCUT2D eigenvalue weighted by Gasteiger charge is -2.19. The van der Waals surface area contributed by atoms with Crippen LogP contribution in [-0.4, -0.2) is 22.9 Å². The summed E-state index contributed by atoms with van der Waals surface area (Å²) in [5, 5.41) is 0. The predicted octanol–water partition coefficient (Wildman–Crippen LogP) is 2.00. The molecule has 1 unspecified atom stereocenters. The average molecular weight is 336 g/mol. The van der Waals surface area contributed by atoms with Crippen molar-refractivity contribution in [3.05, 3.63) is 36.4 Å². The van der Waals surface area contributed by atoms with Crippen molar-refractivity contribution < 1.29 is 16.8 Å². The Morgan fingerprint density at radius 1 is 1.00 bits per heavy atom. The van der Waals surface area contributed by atoms with E-state index in [0.717, 1.165) is 12.8 Å². The molecular formula is C12H14ClNO4S2. The van der Waals surface area contributed by atoms with E-state index in [9.17, 15) is 16.8 Å². The van der Waals surface area contributed by atoms with Crippen LogP contribution in [0.3, 0.4) is 0 Å². The van der Waals surface area contributed by atoms with Crippen LogP contribution in [0.4, 0.5) is 0 Å². The van der Waals surface area contributed by atoms with E-state index in [2.05, 4.69) is 4.72 Å². The van der Waals surface area contributed by atoms with E-state index in [1.165, 1.54) is 24.3 Å². The van der Waals surface area contributed by atoms with Gasteiger partial charge in [0.2, 0.25) is 10.0 Å². The number of nitrogens with one attached hydrogen (secondary N) is 1. The van der Waals surface area contributed by atoms with Crippen molar-refractivity contribution in [2.24, 2.45) is 0 Å². The Kier molecular flexibility index (Phi) is 4.53. The molecule has 1 N–H and O–H groups in total. The highest BCUT2D eigenvalue weighted by molar-refractivity contribution is 8.13. The van der Waals surface area contributed by atoms with Gasteiger partial charge in [-0.1, -0.05) is 12.2 Å². The topological polar surface area (TPSA) is 80.3 Å². The van der Waals surface area contributed by atoms with Gasteiger partial charge in [0.25, 0.3) is 9.05 Å². The smallest absolute Gasteiger partial charge is 0.208 e. The van der Waals surface area contributed by atoms with Crippen LogP contribution in [0.25, 0.3) is 0 Å². The van der Waals surface area contributed by atoms with Crippen LogP contribution in [0.1, 0.15) is 19.3 Å². The van der Waals surface area contributed by atoms with Crippen LogP contribution >= 0.6 is 10.7 Å². The van der Waals surface area contributed by atoms with Crippen molar-refractivity contribution in [3.63, 3.8) is 0 Å². The molecular weight excluding hydrogens is 322 g/mol. The molecule has 1 aromatic carbocycles. The van der Waals surface area contributed by atoms with Crippen LogP contribution < -0.4 is 4.72 Å². The lowest BCUT2D eigenvalue weighted by atomic mass is 10.0. The van der Waals surface area contributed by atoms with Gasteiger partial charge in [-0.05, 0) is 43.5 Å². The Hall–Kier alpha value is -0.890. The fourth-order valence-electron chi connectivity index (χ4n) is 1.97.